The van der Waals surface area contributed by atoms with E-state index in [9.17, 15) is 5.11 Å². The second kappa shape index (κ2) is 7.06. The zero-order chi connectivity index (χ0) is 14.5. The smallest absolute Gasteiger partial charge is 0.0499 e. The number of rotatable bonds is 7. The molecule has 0 spiro atoms. The van der Waals surface area contributed by atoms with Crippen molar-refractivity contribution < 1.29 is 5.11 Å². The third-order valence-electron chi connectivity index (χ3n) is 4.52. The molecule has 0 saturated heterocycles. The van der Waals surface area contributed by atoms with Crippen LogP contribution in [0.5, 0.6) is 0 Å². The first-order chi connectivity index (χ1) is 8.98. The summed E-state index contributed by atoms with van der Waals surface area (Å²) in [7, 11) is 0. The van der Waals surface area contributed by atoms with Gasteiger partial charge in [-0.25, -0.2) is 0 Å². The maximum absolute atomic E-state index is 9.62. The van der Waals surface area contributed by atoms with Gasteiger partial charge in [0.2, 0.25) is 0 Å². The van der Waals surface area contributed by atoms with E-state index in [1.807, 2.05) is 0 Å². The molecule has 0 aliphatic carbocycles. The minimum Gasteiger partial charge on any atom is -0.396 e. The molecule has 1 unspecified atom stereocenters. The molecule has 0 saturated carbocycles. The summed E-state index contributed by atoms with van der Waals surface area (Å²) in [6.45, 7) is 11.9. The fourth-order valence-electron chi connectivity index (χ4n) is 2.49. The number of aryl methyl sites for hydroxylation is 2. The molecule has 108 valence electrons. The van der Waals surface area contributed by atoms with E-state index >= 15 is 0 Å². The maximum atomic E-state index is 9.62. The summed E-state index contributed by atoms with van der Waals surface area (Å²) in [4.78, 5) is 0. The molecule has 1 rings (SSSR count). The zero-order valence-electron chi connectivity index (χ0n) is 13.1. The Morgan fingerprint density at radius 3 is 2.37 bits per heavy atom. The second-order valence-electron chi connectivity index (χ2n) is 5.83. The Balaban J connectivity index is 2.74. The van der Waals surface area contributed by atoms with Gasteiger partial charge < -0.3 is 10.4 Å². The third kappa shape index (κ3) is 4.05. The molecule has 0 radical (unpaired) electrons. The van der Waals surface area contributed by atoms with Crippen molar-refractivity contribution in [3.8, 4) is 0 Å². The topological polar surface area (TPSA) is 32.3 Å². The van der Waals surface area contributed by atoms with E-state index in [1.165, 1.54) is 16.7 Å². The first-order valence-electron chi connectivity index (χ1n) is 7.39. The Bertz CT molecular complexity index is 388. The van der Waals surface area contributed by atoms with E-state index in [2.05, 4.69) is 58.1 Å². The van der Waals surface area contributed by atoms with Crippen molar-refractivity contribution in [3.05, 3.63) is 34.9 Å². The van der Waals surface area contributed by atoms with E-state index < -0.39 is 0 Å². The molecule has 0 aromatic heterocycles. The van der Waals surface area contributed by atoms with Crippen LogP contribution in [-0.2, 0) is 0 Å². The predicted molar refractivity (Wildman–Crippen MR) is 82.4 cm³/mol. The molecule has 2 heteroatoms. The first-order valence-corrected chi connectivity index (χ1v) is 7.39. The van der Waals surface area contributed by atoms with Crippen molar-refractivity contribution in [3.63, 3.8) is 0 Å². The SMILES string of the molecule is CCC(CC)(CO)CNC(C)c1cc(C)ccc1C. The van der Waals surface area contributed by atoms with E-state index in [0.29, 0.717) is 6.04 Å². The summed E-state index contributed by atoms with van der Waals surface area (Å²) in [6, 6.07) is 6.92. The Kier molecular flexibility index (Phi) is 6.02. The van der Waals surface area contributed by atoms with Crippen molar-refractivity contribution in [2.75, 3.05) is 13.2 Å². The number of nitrogens with one attached hydrogen (secondary N) is 1. The van der Waals surface area contributed by atoms with Gasteiger partial charge in [-0.05, 0) is 44.7 Å². The molecule has 1 aromatic carbocycles. The fraction of sp³-hybridized carbons (Fsp3) is 0.647. The molecule has 0 bridgehead atoms. The Hall–Kier alpha value is -0.860. The number of aliphatic hydroxyl groups is 1. The summed E-state index contributed by atoms with van der Waals surface area (Å²) in [5.74, 6) is 0. The van der Waals surface area contributed by atoms with Crippen molar-refractivity contribution in [1.82, 2.24) is 5.32 Å². The van der Waals surface area contributed by atoms with Crippen LogP contribution in [-0.4, -0.2) is 18.3 Å². The van der Waals surface area contributed by atoms with Crippen LogP contribution in [0.1, 0.15) is 56.3 Å². The summed E-state index contributed by atoms with van der Waals surface area (Å²) in [6.07, 6.45) is 2.01. The molecular weight excluding hydrogens is 234 g/mol. The lowest BCUT2D eigenvalue weighted by molar-refractivity contribution is 0.110. The van der Waals surface area contributed by atoms with E-state index in [-0.39, 0.29) is 12.0 Å². The van der Waals surface area contributed by atoms with Gasteiger partial charge in [-0.15, -0.1) is 0 Å². The maximum Gasteiger partial charge on any atom is 0.0499 e. The van der Waals surface area contributed by atoms with Gasteiger partial charge in [0.1, 0.15) is 0 Å². The number of benzene rings is 1. The monoisotopic (exact) mass is 263 g/mol. The zero-order valence-corrected chi connectivity index (χ0v) is 13.1. The van der Waals surface area contributed by atoms with Crippen LogP contribution in [0.15, 0.2) is 18.2 Å². The van der Waals surface area contributed by atoms with Crippen LogP contribution >= 0.6 is 0 Å². The molecule has 0 aliphatic heterocycles. The third-order valence-corrected chi connectivity index (χ3v) is 4.52. The van der Waals surface area contributed by atoms with Gasteiger partial charge in [0, 0.05) is 24.6 Å². The molecular formula is C17H29NO. The minimum absolute atomic E-state index is 0.0198. The molecule has 2 N–H and O–H groups in total. The molecule has 19 heavy (non-hydrogen) atoms. The van der Waals surface area contributed by atoms with Gasteiger partial charge in [-0.2, -0.15) is 0 Å². The highest BCUT2D eigenvalue weighted by Gasteiger charge is 2.25. The minimum atomic E-state index is 0.0198. The van der Waals surface area contributed by atoms with Crippen LogP contribution in [0.3, 0.4) is 0 Å². The molecule has 0 aliphatic rings. The van der Waals surface area contributed by atoms with Gasteiger partial charge in [0.05, 0.1) is 0 Å². The normalized spacial score (nSPS) is 13.6. The fourth-order valence-corrected chi connectivity index (χ4v) is 2.49. The first kappa shape index (κ1) is 16.2. The highest BCUT2D eigenvalue weighted by molar-refractivity contribution is 5.32. The lowest BCUT2D eigenvalue weighted by Crippen LogP contribution is -2.37. The lowest BCUT2D eigenvalue weighted by Gasteiger charge is -2.31. The number of aliphatic hydroxyl groups excluding tert-OH is 1. The van der Waals surface area contributed by atoms with Crippen LogP contribution in [0.4, 0.5) is 0 Å². The summed E-state index contributed by atoms with van der Waals surface area (Å²) in [5, 5.41) is 13.2. The number of hydrogen-bond donors (Lipinski definition) is 2. The molecule has 1 atom stereocenters. The van der Waals surface area contributed by atoms with E-state index in [0.717, 1.165) is 19.4 Å². The van der Waals surface area contributed by atoms with Gasteiger partial charge in [0.25, 0.3) is 0 Å². The van der Waals surface area contributed by atoms with Crippen LogP contribution in [0, 0.1) is 19.3 Å². The summed E-state index contributed by atoms with van der Waals surface area (Å²) < 4.78 is 0. The van der Waals surface area contributed by atoms with E-state index in [4.69, 9.17) is 0 Å². The predicted octanol–water partition coefficient (Wildman–Crippen LogP) is 3.75. The Labute approximate surface area is 118 Å². The standard InChI is InChI=1S/C17H29NO/c1-6-17(7-2,12-19)11-18-15(5)16-10-13(3)8-9-14(16)4/h8-10,15,18-19H,6-7,11-12H2,1-5H3. The number of hydrogen-bond acceptors (Lipinski definition) is 2. The lowest BCUT2D eigenvalue weighted by atomic mass is 9.83. The summed E-state index contributed by atoms with van der Waals surface area (Å²) >= 11 is 0. The Morgan fingerprint density at radius 2 is 1.84 bits per heavy atom. The van der Waals surface area contributed by atoms with E-state index in [1.54, 1.807) is 0 Å². The Morgan fingerprint density at radius 1 is 1.21 bits per heavy atom. The van der Waals surface area contributed by atoms with Gasteiger partial charge >= 0.3 is 0 Å². The molecule has 0 fully saturated rings. The van der Waals surface area contributed by atoms with Crippen LogP contribution < -0.4 is 5.32 Å². The quantitative estimate of drug-likeness (QED) is 0.785. The molecule has 0 heterocycles. The highest BCUT2D eigenvalue weighted by atomic mass is 16.3. The molecule has 1 aromatic rings. The van der Waals surface area contributed by atoms with Gasteiger partial charge in [-0.1, -0.05) is 37.6 Å². The second-order valence-corrected chi connectivity index (χ2v) is 5.83. The van der Waals surface area contributed by atoms with Gasteiger partial charge in [-0.3, -0.25) is 0 Å². The molecule has 0 amide bonds. The van der Waals surface area contributed by atoms with Crippen LogP contribution in [0.2, 0.25) is 0 Å². The van der Waals surface area contributed by atoms with Crippen molar-refractivity contribution in [1.29, 1.82) is 0 Å². The molecule has 2 nitrogen and oxygen atoms in total. The average molecular weight is 263 g/mol. The highest BCUT2D eigenvalue weighted by Crippen LogP contribution is 2.26. The van der Waals surface area contributed by atoms with Gasteiger partial charge in [0.15, 0.2) is 0 Å². The summed E-state index contributed by atoms with van der Waals surface area (Å²) in [5.41, 5.74) is 4.01. The van der Waals surface area contributed by atoms with Crippen molar-refractivity contribution in [2.24, 2.45) is 5.41 Å². The van der Waals surface area contributed by atoms with Crippen molar-refractivity contribution >= 4 is 0 Å². The largest absolute Gasteiger partial charge is 0.396 e. The van der Waals surface area contributed by atoms with Crippen molar-refractivity contribution in [2.45, 2.75) is 53.5 Å². The van der Waals surface area contributed by atoms with Crippen LogP contribution in [0.25, 0.3) is 0 Å². The average Bonchev–Trinajstić information content (AvgIpc) is 2.43.